The van der Waals surface area contributed by atoms with Crippen LogP contribution in [0.2, 0.25) is 35.2 Å². The van der Waals surface area contributed by atoms with Crippen molar-refractivity contribution in [1.82, 2.24) is 0 Å². The second kappa shape index (κ2) is 6.18. The first-order chi connectivity index (χ1) is 9.27. The Morgan fingerprint density at radius 1 is 0.600 bits per heavy atom. The van der Waals surface area contributed by atoms with Crippen molar-refractivity contribution in [2.24, 2.45) is 0 Å². The van der Waals surface area contributed by atoms with Crippen molar-refractivity contribution in [3.63, 3.8) is 0 Å². The van der Waals surface area contributed by atoms with E-state index >= 15 is 0 Å². The highest BCUT2D eigenvalue weighted by Gasteiger charge is 2.23. The maximum absolute atomic E-state index is 10.1. The highest BCUT2D eigenvalue weighted by molar-refractivity contribution is 6.56. The van der Waals surface area contributed by atoms with Crippen LogP contribution in [-0.4, -0.2) is 5.11 Å². The summed E-state index contributed by atoms with van der Waals surface area (Å²) in [6.07, 6.45) is 0. The van der Waals surface area contributed by atoms with Gasteiger partial charge >= 0.3 is 0 Å². The topological polar surface area (TPSA) is 20.2 Å². The van der Waals surface area contributed by atoms with E-state index in [-0.39, 0.29) is 52.0 Å². The lowest BCUT2D eigenvalue weighted by Gasteiger charge is -2.14. The van der Waals surface area contributed by atoms with Crippen molar-refractivity contribution in [3.8, 4) is 16.9 Å². The molecule has 0 amide bonds. The first-order valence-electron chi connectivity index (χ1n) is 4.96. The van der Waals surface area contributed by atoms with Crippen LogP contribution in [-0.2, 0) is 0 Å². The van der Waals surface area contributed by atoms with E-state index in [1.807, 2.05) is 0 Å². The fraction of sp³-hybridized carbons (Fsp3) is 0. The monoisotopic (exact) mass is 408 g/mol. The van der Waals surface area contributed by atoms with Gasteiger partial charge in [-0.15, -0.1) is 0 Å². The average Bonchev–Trinajstić information content (AvgIpc) is 2.43. The molecule has 0 bridgehead atoms. The normalized spacial score (nSPS) is 10.9. The molecule has 0 heterocycles. The van der Waals surface area contributed by atoms with Gasteiger partial charge in [-0.2, -0.15) is 0 Å². The number of hydrogen-bond acceptors (Lipinski definition) is 1. The SMILES string of the molecule is Oc1c(-c2c(Cl)c(Cl)c(Cl)c(Cl)c2Cl)ccc(Cl)c1Cl. The van der Waals surface area contributed by atoms with E-state index in [0.717, 1.165) is 0 Å². The summed E-state index contributed by atoms with van der Waals surface area (Å²) < 4.78 is 0. The molecule has 0 radical (unpaired) electrons. The minimum atomic E-state index is -0.280. The Balaban J connectivity index is 2.87. The van der Waals surface area contributed by atoms with Crippen LogP contribution in [0, 0.1) is 0 Å². The Morgan fingerprint density at radius 3 is 1.55 bits per heavy atom. The van der Waals surface area contributed by atoms with Crippen LogP contribution in [0.25, 0.3) is 11.1 Å². The number of benzene rings is 2. The summed E-state index contributed by atoms with van der Waals surface area (Å²) in [5.41, 5.74) is 0.471. The maximum atomic E-state index is 10.1. The molecule has 8 heteroatoms. The van der Waals surface area contributed by atoms with E-state index in [1.165, 1.54) is 12.1 Å². The summed E-state index contributed by atoms with van der Waals surface area (Å²) in [6, 6.07) is 2.99. The smallest absolute Gasteiger partial charge is 0.143 e. The summed E-state index contributed by atoms with van der Waals surface area (Å²) in [4.78, 5) is 0. The van der Waals surface area contributed by atoms with Crippen molar-refractivity contribution in [3.05, 3.63) is 47.3 Å². The van der Waals surface area contributed by atoms with Gasteiger partial charge in [0.2, 0.25) is 0 Å². The molecule has 1 N–H and O–H groups in total. The Labute approximate surface area is 149 Å². The lowest BCUT2D eigenvalue weighted by atomic mass is 10.0. The second-order valence-electron chi connectivity index (χ2n) is 3.70. The van der Waals surface area contributed by atoms with E-state index in [0.29, 0.717) is 0 Å². The van der Waals surface area contributed by atoms with Gasteiger partial charge in [-0.3, -0.25) is 0 Å². The van der Waals surface area contributed by atoms with Crippen molar-refractivity contribution in [2.45, 2.75) is 0 Å². The fourth-order valence-electron chi connectivity index (χ4n) is 1.58. The van der Waals surface area contributed by atoms with Crippen molar-refractivity contribution >= 4 is 81.2 Å². The Bertz CT molecular complexity index is 683. The standard InChI is InChI=1S/C12H3Cl7O/c13-4-2-1-3(12(20)6(4)14)5-7(15)9(17)11(19)10(18)8(5)16/h1-2,20H. The number of aromatic hydroxyl groups is 1. The van der Waals surface area contributed by atoms with E-state index in [9.17, 15) is 5.11 Å². The summed E-state index contributed by atoms with van der Waals surface area (Å²) in [5.74, 6) is -0.280. The highest BCUT2D eigenvalue weighted by Crippen LogP contribution is 2.51. The number of phenolic OH excluding ortho intramolecular Hbond substituents is 1. The van der Waals surface area contributed by atoms with Crippen molar-refractivity contribution in [2.75, 3.05) is 0 Å². The molecule has 0 saturated heterocycles. The molecule has 2 rings (SSSR count). The third-order valence-corrected chi connectivity index (χ3v) is 5.62. The van der Waals surface area contributed by atoms with E-state index < -0.39 is 0 Å². The molecular weight excluding hydrogens is 408 g/mol. The predicted molar refractivity (Wildman–Crippen MR) is 88.6 cm³/mol. The van der Waals surface area contributed by atoms with Crippen LogP contribution in [0.3, 0.4) is 0 Å². The average molecular weight is 411 g/mol. The molecule has 106 valence electrons. The first-order valence-corrected chi connectivity index (χ1v) is 7.60. The molecular formula is C12H3Cl7O. The Kier molecular flexibility index (Phi) is 5.14. The van der Waals surface area contributed by atoms with Crippen LogP contribution in [0.15, 0.2) is 12.1 Å². The Hall–Kier alpha value is 0.270. The van der Waals surface area contributed by atoms with E-state index in [4.69, 9.17) is 81.2 Å². The van der Waals surface area contributed by atoms with Crippen LogP contribution < -0.4 is 0 Å². The lowest BCUT2D eigenvalue weighted by molar-refractivity contribution is 0.477. The first kappa shape index (κ1) is 16.6. The van der Waals surface area contributed by atoms with Gasteiger partial charge in [-0.1, -0.05) is 81.2 Å². The van der Waals surface area contributed by atoms with E-state index in [1.54, 1.807) is 0 Å². The third kappa shape index (κ3) is 2.66. The molecule has 0 saturated carbocycles. The lowest BCUT2D eigenvalue weighted by Crippen LogP contribution is -1.88. The molecule has 2 aromatic carbocycles. The summed E-state index contributed by atoms with van der Waals surface area (Å²) in [7, 11) is 0. The van der Waals surface area contributed by atoms with Crippen LogP contribution in [0.1, 0.15) is 0 Å². The van der Waals surface area contributed by atoms with Crippen LogP contribution >= 0.6 is 81.2 Å². The van der Waals surface area contributed by atoms with Gasteiger partial charge < -0.3 is 5.11 Å². The molecule has 0 fully saturated rings. The summed E-state index contributed by atoms with van der Waals surface area (Å²) >= 11 is 41.8. The molecule has 0 aliphatic carbocycles. The largest absolute Gasteiger partial charge is 0.506 e. The molecule has 0 atom stereocenters. The minimum Gasteiger partial charge on any atom is -0.506 e. The molecule has 1 nitrogen and oxygen atoms in total. The molecule has 20 heavy (non-hydrogen) atoms. The van der Waals surface area contributed by atoms with E-state index in [2.05, 4.69) is 0 Å². The van der Waals surface area contributed by atoms with Gasteiger partial charge in [-0.25, -0.2) is 0 Å². The van der Waals surface area contributed by atoms with Crippen molar-refractivity contribution in [1.29, 1.82) is 0 Å². The van der Waals surface area contributed by atoms with Gasteiger partial charge in [0.05, 0.1) is 30.1 Å². The summed E-state index contributed by atoms with van der Waals surface area (Å²) in [5, 5.41) is 10.4. The van der Waals surface area contributed by atoms with Gasteiger partial charge in [0.1, 0.15) is 10.8 Å². The molecule has 0 aromatic heterocycles. The van der Waals surface area contributed by atoms with Crippen LogP contribution in [0.5, 0.6) is 5.75 Å². The molecule has 2 aromatic rings. The number of phenols is 1. The molecule has 0 spiro atoms. The Morgan fingerprint density at radius 2 is 1.05 bits per heavy atom. The van der Waals surface area contributed by atoms with Gasteiger partial charge in [0.15, 0.2) is 0 Å². The zero-order valence-electron chi connectivity index (χ0n) is 9.25. The quantitative estimate of drug-likeness (QED) is 0.378. The number of halogens is 7. The third-order valence-electron chi connectivity index (χ3n) is 2.55. The molecule has 0 aliphatic rings. The minimum absolute atomic E-state index is 0.0292. The predicted octanol–water partition coefficient (Wildman–Crippen LogP) is 7.63. The van der Waals surface area contributed by atoms with Gasteiger partial charge in [-0.05, 0) is 12.1 Å². The zero-order valence-corrected chi connectivity index (χ0v) is 14.5. The second-order valence-corrected chi connectivity index (χ2v) is 6.38. The number of hydrogen-bond donors (Lipinski definition) is 1. The van der Waals surface area contributed by atoms with Gasteiger partial charge in [0.25, 0.3) is 0 Å². The zero-order chi connectivity index (χ0) is 15.2. The van der Waals surface area contributed by atoms with Crippen LogP contribution in [0.4, 0.5) is 0 Å². The van der Waals surface area contributed by atoms with Gasteiger partial charge in [0, 0.05) is 11.1 Å². The fourth-order valence-corrected chi connectivity index (χ4v) is 3.24. The summed E-state index contributed by atoms with van der Waals surface area (Å²) in [6.45, 7) is 0. The number of rotatable bonds is 1. The van der Waals surface area contributed by atoms with Crippen molar-refractivity contribution < 1.29 is 5.11 Å². The maximum Gasteiger partial charge on any atom is 0.143 e. The molecule has 0 unspecified atom stereocenters. The highest BCUT2D eigenvalue weighted by atomic mass is 35.5. The molecule has 0 aliphatic heterocycles.